The molecule has 29 heavy (non-hydrogen) atoms. The van der Waals surface area contributed by atoms with Crippen molar-refractivity contribution in [1.82, 2.24) is 9.88 Å². The number of carbonyl (C=O) groups is 1. The van der Waals surface area contributed by atoms with E-state index in [-0.39, 0.29) is 11.9 Å². The molecule has 3 aromatic rings. The van der Waals surface area contributed by atoms with Gasteiger partial charge in [0.1, 0.15) is 11.5 Å². The maximum atomic E-state index is 12.9. The highest BCUT2D eigenvalue weighted by molar-refractivity contribution is 5.95. The van der Waals surface area contributed by atoms with Gasteiger partial charge in [0.2, 0.25) is 11.8 Å². The van der Waals surface area contributed by atoms with E-state index in [1.165, 1.54) is 0 Å². The van der Waals surface area contributed by atoms with E-state index in [0.717, 1.165) is 47.8 Å². The maximum absolute atomic E-state index is 12.9. The van der Waals surface area contributed by atoms with E-state index < -0.39 is 0 Å². The van der Waals surface area contributed by atoms with Crippen molar-refractivity contribution in [1.29, 1.82) is 0 Å². The number of hydrogen-bond acceptors (Lipinski definition) is 5. The molecular weight excluding hydrogens is 366 g/mol. The van der Waals surface area contributed by atoms with Crippen LogP contribution in [0.1, 0.15) is 24.3 Å². The van der Waals surface area contributed by atoms with Gasteiger partial charge >= 0.3 is 0 Å². The molecule has 1 aliphatic rings. The third kappa shape index (κ3) is 4.32. The number of methoxy groups -OCH3 is 1. The fourth-order valence-electron chi connectivity index (χ4n) is 3.68. The smallest absolute Gasteiger partial charge is 0.241 e. The predicted molar refractivity (Wildman–Crippen MR) is 112 cm³/mol. The van der Waals surface area contributed by atoms with Crippen LogP contribution in [-0.4, -0.2) is 35.5 Å². The van der Waals surface area contributed by atoms with Crippen molar-refractivity contribution in [2.75, 3.05) is 19.0 Å². The Morgan fingerprint density at radius 3 is 2.69 bits per heavy atom. The minimum Gasteiger partial charge on any atom is -0.497 e. The number of likely N-dealkylation sites (tertiary alicyclic amines) is 1. The number of hydrogen-bond donors (Lipinski definition) is 1. The number of oxazole rings is 1. The minimum atomic E-state index is -0.173. The standard InChI is InChI=1S/C23H25N3O3/c1-16-20(25-23(29-16)17-7-4-3-5-8-17)15-26-14-6-9-21(26)22(27)24-18-10-12-19(28-2)13-11-18/h3-5,7-8,10-13,21H,6,9,14-15H2,1-2H3,(H,24,27)/t21-/m0/s1. The normalized spacial score (nSPS) is 16.7. The van der Waals surface area contributed by atoms with Gasteiger partial charge in [-0.25, -0.2) is 4.98 Å². The average molecular weight is 391 g/mol. The lowest BCUT2D eigenvalue weighted by Crippen LogP contribution is -2.39. The third-order valence-electron chi connectivity index (χ3n) is 5.29. The first-order valence-electron chi connectivity index (χ1n) is 9.85. The highest BCUT2D eigenvalue weighted by Gasteiger charge is 2.32. The first-order valence-corrected chi connectivity index (χ1v) is 9.85. The first kappa shape index (κ1) is 19.2. The van der Waals surface area contributed by atoms with Crippen LogP contribution in [-0.2, 0) is 11.3 Å². The lowest BCUT2D eigenvalue weighted by Gasteiger charge is -2.23. The van der Waals surface area contributed by atoms with Crippen molar-refractivity contribution in [3.8, 4) is 17.2 Å². The second kappa shape index (κ2) is 8.49. The summed E-state index contributed by atoms with van der Waals surface area (Å²) >= 11 is 0. The highest BCUT2D eigenvalue weighted by atomic mass is 16.5. The van der Waals surface area contributed by atoms with E-state index in [9.17, 15) is 4.79 Å². The summed E-state index contributed by atoms with van der Waals surface area (Å²) in [4.78, 5) is 19.7. The van der Waals surface area contributed by atoms with Gasteiger partial charge in [0, 0.05) is 17.8 Å². The number of nitrogens with one attached hydrogen (secondary N) is 1. The number of amides is 1. The summed E-state index contributed by atoms with van der Waals surface area (Å²) in [6.07, 6.45) is 1.83. The number of carbonyl (C=O) groups excluding carboxylic acids is 1. The molecule has 0 bridgehead atoms. The van der Waals surface area contributed by atoms with E-state index in [2.05, 4.69) is 15.2 Å². The molecule has 0 aliphatic carbocycles. The third-order valence-corrected chi connectivity index (χ3v) is 5.29. The van der Waals surface area contributed by atoms with Crippen LogP contribution in [0, 0.1) is 6.92 Å². The van der Waals surface area contributed by atoms with Gasteiger partial charge in [-0.1, -0.05) is 18.2 Å². The predicted octanol–water partition coefficient (Wildman–Crippen LogP) is 4.26. The molecule has 1 fully saturated rings. The van der Waals surface area contributed by atoms with Crippen molar-refractivity contribution in [3.05, 3.63) is 66.1 Å². The first-order chi connectivity index (χ1) is 14.1. The van der Waals surface area contributed by atoms with Crippen LogP contribution in [0.5, 0.6) is 5.75 Å². The molecule has 1 saturated heterocycles. The van der Waals surface area contributed by atoms with E-state index >= 15 is 0 Å². The fourth-order valence-corrected chi connectivity index (χ4v) is 3.68. The van der Waals surface area contributed by atoms with Gasteiger partial charge < -0.3 is 14.5 Å². The molecule has 150 valence electrons. The molecule has 0 spiro atoms. The van der Waals surface area contributed by atoms with Gasteiger partial charge in [-0.2, -0.15) is 0 Å². The number of anilines is 1. The van der Waals surface area contributed by atoms with Crippen molar-refractivity contribution >= 4 is 11.6 Å². The maximum Gasteiger partial charge on any atom is 0.241 e. The van der Waals surface area contributed by atoms with Crippen molar-refractivity contribution in [3.63, 3.8) is 0 Å². The van der Waals surface area contributed by atoms with E-state index in [0.29, 0.717) is 12.4 Å². The molecular formula is C23H25N3O3. The Bertz CT molecular complexity index is 967. The Labute approximate surface area is 170 Å². The number of aryl methyl sites for hydroxylation is 1. The Kier molecular flexibility index (Phi) is 5.62. The summed E-state index contributed by atoms with van der Waals surface area (Å²) in [7, 11) is 1.62. The van der Waals surface area contributed by atoms with E-state index in [4.69, 9.17) is 9.15 Å². The summed E-state index contributed by atoms with van der Waals surface area (Å²) in [5.41, 5.74) is 2.61. The molecule has 1 aliphatic heterocycles. The number of nitrogens with zero attached hydrogens (tertiary/aromatic N) is 2. The van der Waals surface area contributed by atoms with Crippen LogP contribution in [0.4, 0.5) is 5.69 Å². The zero-order valence-corrected chi connectivity index (χ0v) is 16.7. The zero-order valence-electron chi connectivity index (χ0n) is 16.7. The molecule has 4 rings (SSSR count). The van der Waals surface area contributed by atoms with Crippen LogP contribution in [0.25, 0.3) is 11.5 Å². The number of benzene rings is 2. The molecule has 0 saturated carbocycles. The number of ether oxygens (including phenoxy) is 1. The summed E-state index contributed by atoms with van der Waals surface area (Å²) in [5.74, 6) is 2.19. The second-order valence-electron chi connectivity index (χ2n) is 7.23. The summed E-state index contributed by atoms with van der Waals surface area (Å²) in [5, 5.41) is 3.02. The summed E-state index contributed by atoms with van der Waals surface area (Å²) in [6.45, 7) is 3.40. The quantitative estimate of drug-likeness (QED) is 0.680. The largest absolute Gasteiger partial charge is 0.497 e. The molecule has 2 aromatic carbocycles. The van der Waals surface area contributed by atoms with Crippen LogP contribution >= 0.6 is 0 Å². The fraction of sp³-hybridized carbons (Fsp3) is 0.304. The lowest BCUT2D eigenvalue weighted by molar-refractivity contribution is -0.120. The van der Waals surface area contributed by atoms with E-state index in [1.807, 2.05) is 61.5 Å². The Morgan fingerprint density at radius 1 is 1.21 bits per heavy atom. The van der Waals surface area contributed by atoms with Gasteiger partial charge in [-0.05, 0) is 62.7 Å². The molecule has 0 radical (unpaired) electrons. The van der Waals surface area contributed by atoms with Gasteiger partial charge in [0.25, 0.3) is 0 Å². The van der Waals surface area contributed by atoms with Gasteiger partial charge in [0.15, 0.2) is 0 Å². The minimum absolute atomic E-state index is 0.0112. The Hall–Kier alpha value is -3.12. The Morgan fingerprint density at radius 2 is 1.97 bits per heavy atom. The molecule has 6 heteroatoms. The van der Waals surface area contributed by atoms with Crippen LogP contribution in [0.2, 0.25) is 0 Å². The van der Waals surface area contributed by atoms with Crippen LogP contribution < -0.4 is 10.1 Å². The molecule has 1 atom stereocenters. The summed E-state index contributed by atoms with van der Waals surface area (Å²) in [6, 6.07) is 17.1. The lowest BCUT2D eigenvalue weighted by atomic mass is 10.2. The molecule has 1 amide bonds. The van der Waals surface area contributed by atoms with Gasteiger partial charge in [-0.3, -0.25) is 9.69 Å². The van der Waals surface area contributed by atoms with E-state index in [1.54, 1.807) is 7.11 Å². The monoisotopic (exact) mass is 391 g/mol. The average Bonchev–Trinajstić information content (AvgIpc) is 3.36. The van der Waals surface area contributed by atoms with Gasteiger partial charge in [0.05, 0.1) is 18.8 Å². The van der Waals surface area contributed by atoms with Crippen molar-refractivity contribution < 1.29 is 13.9 Å². The van der Waals surface area contributed by atoms with Gasteiger partial charge in [-0.15, -0.1) is 0 Å². The molecule has 2 heterocycles. The Balaban J connectivity index is 1.44. The molecule has 1 N–H and O–H groups in total. The topological polar surface area (TPSA) is 67.6 Å². The van der Waals surface area contributed by atoms with Crippen molar-refractivity contribution in [2.45, 2.75) is 32.4 Å². The SMILES string of the molecule is COc1ccc(NC(=O)[C@@H]2CCCN2Cc2nc(-c3ccccc3)oc2C)cc1. The number of aromatic nitrogens is 1. The molecule has 1 aromatic heterocycles. The second-order valence-corrected chi connectivity index (χ2v) is 7.23. The van der Waals surface area contributed by atoms with Crippen LogP contribution in [0.3, 0.4) is 0 Å². The highest BCUT2D eigenvalue weighted by Crippen LogP contribution is 2.26. The summed E-state index contributed by atoms with van der Waals surface area (Å²) < 4.78 is 11.0. The number of rotatable bonds is 6. The molecule has 0 unspecified atom stereocenters. The zero-order chi connectivity index (χ0) is 20.2. The van der Waals surface area contributed by atoms with Crippen LogP contribution in [0.15, 0.2) is 59.0 Å². The van der Waals surface area contributed by atoms with Crippen molar-refractivity contribution in [2.24, 2.45) is 0 Å². The molecule has 6 nitrogen and oxygen atoms in total.